The summed E-state index contributed by atoms with van der Waals surface area (Å²) in [6.07, 6.45) is 1.63. The van der Waals surface area contributed by atoms with Crippen molar-refractivity contribution in [3.05, 3.63) is 77.4 Å². The van der Waals surface area contributed by atoms with Crippen LogP contribution >= 0.6 is 0 Å². The number of rotatable bonds is 3. The number of amides is 1. The zero-order chi connectivity index (χ0) is 17.1. The molecule has 1 heterocycles. The van der Waals surface area contributed by atoms with E-state index in [0.717, 1.165) is 11.8 Å². The smallest absolute Gasteiger partial charge is 0.259 e. The van der Waals surface area contributed by atoms with Gasteiger partial charge in [-0.15, -0.1) is 0 Å². The van der Waals surface area contributed by atoms with Gasteiger partial charge in [-0.3, -0.25) is 4.79 Å². The summed E-state index contributed by atoms with van der Waals surface area (Å²) < 4.78 is 15.0. The maximum Gasteiger partial charge on any atom is 0.259 e. The lowest BCUT2D eigenvalue weighted by atomic mass is 10.2. The van der Waals surface area contributed by atoms with E-state index in [2.05, 4.69) is 10.4 Å². The molecule has 0 atom stereocenters. The number of carbonyl (C=O) groups is 1. The van der Waals surface area contributed by atoms with E-state index in [0.29, 0.717) is 16.9 Å². The molecule has 1 N–H and O–H groups in total. The number of nitrogens with zero attached hydrogens (tertiary/aromatic N) is 3. The van der Waals surface area contributed by atoms with Crippen LogP contribution in [0.1, 0.15) is 21.6 Å². The fourth-order valence-corrected chi connectivity index (χ4v) is 2.28. The van der Waals surface area contributed by atoms with E-state index in [1.165, 1.54) is 12.1 Å². The second kappa shape index (κ2) is 6.34. The van der Waals surface area contributed by atoms with Gasteiger partial charge >= 0.3 is 0 Å². The molecule has 0 bridgehead atoms. The highest BCUT2D eigenvalue weighted by molar-refractivity contribution is 6.05. The number of hydrogen-bond donors (Lipinski definition) is 1. The lowest BCUT2D eigenvalue weighted by Crippen LogP contribution is -2.12. The van der Waals surface area contributed by atoms with Crippen molar-refractivity contribution in [3.63, 3.8) is 0 Å². The lowest BCUT2D eigenvalue weighted by Gasteiger charge is -2.05. The minimum atomic E-state index is -0.622. The third-order valence-electron chi connectivity index (χ3n) is 3.51. The third-order valence-corrected chi connectivity index (χ3v) is 3.51. The molecule has 118 valence electrons. The van der Waals surface area contributed by atoms with E-state index >= 15 is 0 Å². The molecule has 1 aromatic heterocycles. The van der Waals surface area contributed by atoms with E-state index < -0.39 is 5.82 Å². The molecule has 0 aliphatic heterocycles. The fourth-order valence-electron chi connectivity index (χ4n) is 2.28. The molecule has 0 spiro atoms. The minimum Gasteiger partial charge on any atom is -0.322 e. The van der Waals surface area contributed by atoms with Gasteiger partial charge in [0.1, 0.15) is 11.9 Å². The first-order valence-electron chi connectivity index (χ1n) is 7.21. The normalized spacial score (nSPS) is 10.2. The predicted molar refractivity (Wildman–Crippen MR) is 87.4 cm³/mol. The zero-order valence-electron chi connectivity index (χ0n) is 12.8. The highest BCUT2D eigenvalue weighted by Crippen LogP contribution is 2.17. The van der Waals surface area contributed by atoms with Crippen LogP contribution in [0.3, 0.4) is 0 Å². The van der Waals surface area contributed by atoms with Crippen molar-refractivity contribution in [1.82, 2.24) is 9.78 Å². The minimum absolute atomic E-state index is 0.121. The SMILES string of the molecule is Cc1nn(-c2ccccc2)cc1C(=O)Nc1ccc(F)c(C#N)c1. The van der Waals surface area contributed by atoms with Crippen LogP contribution in [0.25, 0.3) is 5.69 Å². The fraction of sp³-hybridized carbons (Fsp3) is 0.0556. The van der Waals surface area contributed by atoms with E-state index in [1.54, 1.807) is 23.9 Å². The molecule has 5 nitrogen and oxygen atoms in total. The Morgan fingerprint density at radius 3 is 2.71 bits per heavy atom. The third kappa shape index (κ3) is 3.01. The van der Waals surface area contributed by atoms with Crippen LogP contribution in [0.15, 0.2) is 54.7 Å². The Morgan fingerprint density at radius 1 is 1.25 bits per heavy atom. The highest BCUT2D eigenvalue weighted by Gasteiger charge is 2.15. The first-order valence-corrected chi connectivity index (χ1v) is 7.21. The van der Waals surface area contributed by atoms with Gasteiger partial charge in [-0.05, 0) is 37.3 Å². The number of para-hydroxylation sites is 1. The summed E-state index contributed by atoms with van der Waals surface area (Å²) in [5, 5.41) is 15.8. The molecule has 0 saturated carbocycles. The Bertz CT molecular complexity index is 941. The van der Waals surface area contributed by atoms with Crippen molar-refractivity contribution in [2.45, 2.75) is 6.92 Å². The van der Waals surface area contributed by atoms with Crippen molar-refractivity contribution in [3.8, 4) is 11.8 Å². The number of carbonyl (C=O) groups excluding carboxylic acids is 1. The van der Waals surface area contributed by atoms with Gasteiger partial charge < -0.3 is 5.32 Å². The zero-order valence-corrected chi connectivity index (χ0v) is 12.8. The molecule has 0 aliphatic carbocycles. The number of benzene rings is 2. The molecule has 2 aromatic carbocycles. The Balaban J connectivity index is 1.86. The van der Waals surface area contributed by atoms with Gasteiger partial charge in [0.2, 0.25) is 0 Å². The Morgan fingerprint density at radius 2 is 2.00 bits per heavy atom. The van der Waals surface area contributed by atoms with Crippen molar-refractivity contribution in [2.75, 3.05) is 5.32 Å². The largest absolute Gasteiger partial charge is 0.322 e. The molecule has 0 unspecified atom stereocenters. The summed E-state index contributed by atoms with van der Waals surface area (Å²) in [4.78, 5) is 12.4. The van der Waals surface area contributed by atoms with Crippen LogP contribution in [0.2, 0.25) is 0 Å². The lowest BCUT2D eigenvalue weighted by molar-refractivity contribution is 0.102. The molecule has 0 fully saturated rings. The van der Waals surface area contributed by atoms with Crippen LogP contribution in [-0.2, 0) is 0 Å². The van der Waals surface area contributed by atoms with Gasteiger partial charge in [-0.1, -0.05) is 18.2 Å². The molecule has 1 amide bonds. The summed E-state index contributed by atoms with van der Waals surface area (Å²) in [5.74, 6) is -0.992. The number of nitriles is 1. The number of hydrogen-bond acceptors (Lipinski definition) is 3. The average Bonchev–Trinajstić information content (AvgIpc) is 2.99. The van der Waals surface area contributed by atoms with E-state index in [9.17, 15) is 9.18 Å². The second-order valence-electron chi connectivity index (χ2n) is 5.17. The molecule has 6 heteroatoms. The van der Waals surface area contributed by atoms with Crippen LogP contribution in [-0.4, -0.2) is 15.7 Å². The molecule has 24 heavy (non-hydrogen) atoms. The number of anilines is 1. The highest BCUT2D eigenvalue weighted by atomic mass is 19.1. The summed E-state index contributed by atoms with van der Waals surface area (Å²) in [7, 11) is 0. The summed E-state index contributed by atoms with van der Waals surface area (Å²) in [5.41, 5.74) is 2.04. The van der Waals surface area contributed by atoms with Gasteiger partial charge in [0.15, 0.2) is 0 Å². The molecule has 0 saturated heterocycles. The summed E-state index contributed by atoms with van der Waals surface area (Å²) in [6.45, 7) is 1.74. The molecular formula is C18H13FN4O. The maximum atomic E-state index is 13.3. The Hall–Kier alpha value is -3.46. The van der Waals surface area contributed by atoms with E-state index in [-0.39, 0.29) is 11.5 Å². The first kappa shape index (κ1) is 15.4. The van der Waals surface area contributed by atoms with E-state index in [4.69, 9.17) is 5.26 Å². The summed E-state index contributed by atoms with van der Waals surface area (Å²) in [6, 6.07) is 15.0. The number of aryl methyl sites for hydroxylation is 1. The monoisotopic (exact) mass is 320 g/mol. The number of halogens is 1. The van der Waals surface area contributed by atoms with Gasteiger partial charge in [0.25, 0.3) is 5.91 Å². The van der Waals surface area contributed by atoms with Crippen molar-refractivity contribution >= 4 is 11.6 Å². The van der Waals surface area contributed by atoms with Crippen LogP contribution in [0, 0.1) is 24.1 Å². The standard InChI is InChI=1S/C18H13FN4O/c1-12-16(11-23(22-12)15-5-3-2-4-6-15)18(24)21-14-7-8-17(19)13(9-14)10-20/h2-9,11H,1H3,(H,21,24). The maximum absolute atomic E-state index is 13.3. The van der Waals surface area contributed by atoms with Crippen LogP contribution < -0.4 is 5.32 Å². The molecule has 0 radical (unpaired) electrons. The van der Waals surface area contributed by atoms with Crippen molar-refractivity contribution in [2.24, 2.45) is 0 Å². The van der Waals surface area contributed by atoms with Crippen molar-refractivity contribution in [1.29, 1.82) is 5.26 Å². The van der Waals surface area contributed by atoms with Gasteiger partial charge in [-0.25, -0.2) is 9.07 Å². The summed E-state index contributed by atoms with van der Waals surface area (Å²) >= 11 is 0. The average molecular weight is 320 g/mol. The Labute approximate surface area is 138 Å². The second-order valence-corrected chi connectivity index (χ2v) is 5.17. The van der Waals surface area contributed by atoms with Gasteiger partial charge in [0, 0.05) is 11.9 Å². The topological polar surface area (TPSA) is 70.7 Å². The van der Waals surface area contributed by atoms with Crippen molar-refractivity contribution < 1.29 is 9.18 Å². The quantitative estimate of drug-likeness (QED) is 0.803. The first-order chi connectivity index (χ1) is 11.6. The number of nitrogens with one attached hydrogen (secondary N) is 1. The number of aromatic nitrogens is 2. The molecular weight excluding hydrogens is 307 g/mol. The van der Waals surface area contributed by atoms with Gasteiger partial charge in [-0.2, -0.15) is 10.4 Å². The van der Waals surface area contributed by atoms with E-state index in [1.807, 2.05) is 30.3 Å². The van der Waals surface area contributed by atoms with Gasteiger partial charge in [0.05, 0.1) is 22.5 Å². The van der Waals surface area contributed by atoms with Crippen LogP contribution in [0.4, 0.5) is 10.1 Å². The Kier molecular flexibility index (Phi) is 4.08. The molecule has 3 aromatic rings. The van der Waals surface area contributed by atoms with Crippen LogP contribution in [0.5, 0.6) is 0 Å². The molecule has 3 rings (SSSR count). The molecule has 0 aliphatic rings. The predicted octanol–water partition coefficient (Wildman–Crippen LogP) is 3.44.